The Bertz CT molecular complexity index is 748. The second-order valence-electron chi connectivity index (χ2n) is 6.34. The number of para-hydroxylation sites is 1. The van der Waals surface area contributed by atoms with Gasteiger partial charge in [0, 0.05) is 11.1 Å². The lowest BCUT2D eigenvalue weighted by molar-refractivity contribution is 0.404. The molecule has 1 aromatic carbocycles. The third-order valence-electron chi connectivity index (χ3n) is 3.37. The molecule has 2 heterocycles. The molecule has 0 spiro atoms. The summed E-state index contributed by atoms with van der Waals surface area (Å²) in [5.74, 6) is 0. The van der Waals surface area contributed by atoms with Crippen molar-refractivity contribution in [2.75, 3.05) is 0 Å². The molecular formula is C16H19N3. The zero-order chi connectivity index (χ0) is 13.6. The first-order valence-electron chi connectivity index (χ1n) is 6.67. The normalized spacial score (nSPS) is 12.4. The average Bonchev–Trinajstić information content (AvgIpc) is 2.65. The zero-order valence-electron chi connectivity index (χ0n) is 11.9. The number of hydrogen-bond donors (Lipinski definition) is 0. The van der Waals surface area contributed by atoms with Crippen LogP contribution in [0.4, 0.5) is 0 Å². The molecule has 0 aliphatic heterocycles. The van der Waals surface area contributed by atoms with Gasteiger partial charge in [-0.25, -0.2) is 9.97 Å². The molecule has 98 valence electrons. The maximum Gasteiger partial charge on any atom is 0.147 e. The largest absolute Gasteiger partial charge is 0.287 e. The smallest absolute Gasteiger partial charge is 0.147 e. The lowest BCUT2D eigenvalue weighted by Crippen LogP contribution is -2.12. The van der Waals surface area contributed by atoms with E-state index in [-0.39, 0.29) is 5.41 Å². The van der Waals surface area contributed by atoms with Crippen LogP contribution in [0, 0.1) is 12.3 Å². The van der Waals surface area contributed by atoms with Gasteiger partial charge in [0.05, 0.1) is 11.2 Å². The summed E-state index contributed by atoms with van der Waals surface area (Å²) < 4.78 is 2.14. The number of imidazole rings is 1. The van der Waals surface area contributed by atoms with Gasteiger partial charge in [-0.3, -0.25) is 4.40 Å². The lowest BCUT2D eigenvalue weighted by atomic mass is 9.90. The van der Waals surface area contributed by atoms with Gasteiger partial charge in [-0.1, -0.05) is 32.9 Å². The van der Waals surface area contributed by atoms with Crippen LogP contribution in [0.2, 0.25) is 0 Å². The third kappa shape index (κ3) is 2.09. The highest BCUT2D eigenvalue weighted by atomic mass is 15.1. The van der Waals surface area contributed by atoms with Crippen LogP contribution < -0.4 is 0 Å². The highest BCUT2D eigenvalue weighted by molar-refractivity contribution is 5.91. The number of rotatable bonds is 1. The molecule has 0 saturated heterocycles. The molecule has 0 atom stereocenters. The monoisotopic (exact) mass is 253 g/mol. The highest BCUT2D eigenvalue weighted by Crippen LogP contribution is 2.26. The number of aryl methyl sites for hydroxylation is 1. The first-order chi connectivity index (χ1) is 8.96. The molecule has 3 rings (SSSR count). The van der Waals surface area contributed by atoms with E-state index in [1.807, 2.05) is 24.5 Å². The van der Waals surface area contributed by atoms with Crippen molar-refractivity contribution in [2.24, 2.45) is 5.41 Å². The van der Waals surface area contributed by atoms with Crippen molar-refractivity contribution < 1.29 is 0 Å². The van der Waals surface area contributed by atoms with E-state index in [9.17, 15) is 0 Å². The van der Waals surface area contributed by atoms with Crippen LogP contribution in [-0.2, 0) is 6.42 Å². The van der Waals surface area contributed by atoms with Gasteiger partial charge >= 0.3 is 0 Å². The van der Waals surface area contributed by atoms with Crippen molar-refractivity contribution >= 4 is 16.6 Å². The van der Waals surface area contributed by atoms with Crippen LogP contribution in [0.5, 0.6) is 0 Å². The SMILES string of the molecule is Cc1nc2c3ccccc3ncn2c1CC(C)(C)C. The standard InChI is InChI=1S/C16H19N3/c1-11-14(9-16(2,3)4)19-10-17-13-8-6-5-7-12(13)15(19)18-11/h5-8,10H,9H2,1-4H3. The van der Waals surface area contributed by atoms with Crippen molar-refractivity contribution in [1.82, 2.24) is 14.4 Å². The maximum atomic E-state index is 4.75. The number of hydrogen-bond acceptors (Lipinski definition) is 2. The summed E-state index contributed by atoms with van der Waals surface area (Å²) in [7, 11) is 0. The molecule has 3 aromatic rings. The van der Waals surface area contributed by atoms with Crippen molar-refractivity contribution in [3.05, 3.63) is 42.0 Å². The fraction of sp³-hybridized carbons (Fsp3) is 0.375. The molecule has 0 amide bonds. The van der Waals surface area contributed by atoms with Crippen LogP contribution in [0.3, 0.4) is 0 Å². The van der Waals surface area contributed by atoms with Crippen LogP contribution in [0.1, 0.15) is 32.2 Å². The molecule has 2 aromatic heterocycles. The van der Waals surface area contributed by atoms with E-state index in [4.69, 9.17) is 4.98 Å². The minimum absolute atomic E-state index is 0.242. The summed E-state index contributed by atoms with van der Waals surface area (Å²) in [6.07, 6.45) is 2.90. The van der Waals surface area contributed by atoms with Gasteiger partial charge in [-0.15, -0.1) is 0 Å². The highest BCUT2D eigenvalue weighted by Gasteiger charge is 2.18. The predicted octanol–water partition coefficient (Wildman–Crippen LogP) is 3.78. The van der Waals surface area contributed by atoms with Crippen molar-refractivity contribution in [2.45, 2.75) is 34.1 Å². The van der Waals surface area contributed by atoms with Gasteiger partial charge in [0.1, 0.15) is 12.0 Å². The van der Waals surface area contributed by atoms with E-state index in [0.717, 1.165) is 28.7 Å². The van der Waals surface area contributed by atoms with E-state index >= 15 is 0 Å². The van der Waals surface area contributed by atoms with Crippen LogP contribution in [0.25, 0.3) is 16.6 Å². The minimum atomic E-state index is 0.242. The summed E-state index contributed by atoms with van der Waals surface area (Å²) in [6.45, 7) is 8.84. The predicted molar refractivity (Wildman–Crippen MR) is 78.4 cm³/mol. The molecule has 3 nitrogen and oxygen atoms in total. The number of fused-ring (bicyclic) bond motifs is 3. The van der Waals surface area contributed by atoms with E-state index in [1.54, 1.807) is 0 Å². The fourth-order valence-electron chi connectivity index (χ4n) is 2.50. The molecule has 0 unspecified atom stereocenters. The van der Waals surface area contributed by atoms with Crippen LogP contribution in [0.15, 0.2) is 30.6 Å². The summed E-state index contributed by atoms with van der Waals surface area (Å²) in [5, 5.41) is 1.12. The zero-order valence-corrected chi connectivity index (χ0v) is 11.9. The molecule has 3 heteroatoms. The number of benzene rings is 1. The number of aromatic nitrogens is 3. The quantitative estimate of drug-likeness (QED) is 0.660. The second kappa shape index (κ2) is 4.05. The fourth-order valence-corrected chi connectivity index (χ4v) is 2.50. The summed E-state index contributed by atoms with van der Waals surface area (Å²) in [5.41, 5.74) is 4.63. The van der Waals surface area contributed by atoms with Gasteiger partial charge in [0.15, 0.2) is 0 Å². The number of nitrogens with zero attached hydrogens (tertiary/aromatic N) is 3. The van der Waals surface area contributed by atoms with Gasteiger partial charge in [-0.2, -0.15) is 0 Å². The van der Waals surface area contributed by atoms with E-state index in [1.165, 1.54) is 5.69 Å². The Kier molecular flexibility index (Phi) is 2.59. The first-order valence-corrected chi connectivity index (χ1v) is 6.67. The van der Waals surface area contributed by atoms with Gasteiger partial charge in [0.25, 0.3) is 0 Å². The van der Waals surface area contributed by atoms with Gasteiger partial charge < -0.3 is 0 Å². The minimum Gasteiger partial charge on any atom is -0.287 e. The van der Waals surface area contributed by atoms with Crippen molar-refractivity contribution in [3.8, 4) is 0 Å². The first kappa shape index (κ1) is 12.2. The summed E-state index contributed by atoms with van der Waals surface area (Å²) in [6, 6.07) is 8.17. The Morgan fingerprint density at radius 2 is 1.89 bits per heavy atom. The topological polar surface area (TPSA) is 30.2 Å². The Hall–Kier alpha value is -1.90. The molecular weight excluding hydrogens is 234 g/mol. The molecule has 0 radical (unpaired) electrons. The molecule has 0 aliphatic rings. The van der Waals surface area contributed by atoms with Crippen LogP contribution in [-0.4, -0.2) is 14.4 Å². The van der Waals surface area contributed by atoms with E-state index < -0.39 is 0 Å². The Labute approximate surface area is 113 Å². The van der Waals surface area contributed by atoms with Crippen LogP contribution >= 0.6 is 0 Å². The summed E-state index contributed by atoms with van der Waals surface area (Å²) in [4.78, 5) is 9.28. The summed E-state index contributed by atoms with van der Waals surface area (Å²) >= 11 is 0. The van der Waals surface area contributed by atoms with Crippen molar-refractivity contribution in [1.29, 1.82) is 0 Å². The van der Waals surface area contributed by atoms with Crippen molar-refractivity contribution in [3.63, 3.8) is 0 Å². The van der Waals surface area contributed by atoms with Gasteiger partial charge in [-0.05, 0) is 30.9 Å². The van der Waals surface area contributed by atoms with Gasteiger partial charge in [0.2, 0.25) is 0 Å². The lowest BCUT2D eigenvalue weighted by Gasteiger charge is -2.18. The molecule has 19 heavy (non-hydrogen) atoms. The second-order valence-corrected chi connectivity index (χ2v) is 6.34. The Balaban J connectivity index is 2.30. The molecule has 0 aliphatic carbocycles. The van der Waals surface area contributed by atoms with E-state index in [2.05, 4.69) is 43.1 Å². The molecule has 0 fully saturated rings. The maximum absolute atomic E-state index is 4.75. The Morgan fingerprint density at radius 1 is 1.16 bits per heavy atom. The van der Waals surface area contributed by atoms with E-state index in [0.29, 0.717) is 0 Å². The molecule has 0 saturated carbocycles. The molecule has 0 bridgehead atoms. The Morgan fingerprint density at radius 3 is 2.63 bits per heavy atom. The average molecular weight is 253 g/mol. The third-order valence-corrected chi connectivity index (χ3v) is 3.37. The molecule has 0 N–H and O–H groups in total.